The van der Waals surface area contributed by atoms with Crippen molar-refractivity contribution in [1.29, 1.82) is 0 Å². The Hall–Kier alpha value is -3.88. The molecule has 0 aliphatic carbocycles. The second-order valence-corrected chi connectivity index (χ2v) is 8.03. The number of rotatable bonds is 14. The van der Waals surface area contributed by atoms with Crippen molar-refractivity contribution in [3.8, 4) is 28.4 Å². The van der Waals surface area contributed by atoms with Crippen LogP contribution in [0.1, 0.15) is 20.8 Å². The molecule has 0 aromatic heterocycles. The number of hydrogen-bond acceptors (Lipinski definition) is 8. The number of carbonyl (C=O) groups is 2. The second kappa shape index (κ2) is 13.9. The summed E-state index contributed by atoms with van der Waals surface area (Å²) in [6.45, 7) is 16.1. The fraction of sp³-hybridized carbons (Fsp3) is 0.286. The zero-order valence-corrected chi connectivity index (χ0v) is 20.9. The lowest BCUT2D eigenvalue weighted by Crippen LogP contribution is -2.17. The second-order valence-electron chi connectivity index (χ2n) is 8.03. The molecule has 8 heteroatoms. The highest BCUT2D eigenvalue weighted by atomic mass is 16.6. The zero-order valence-electron chi connectivity index (χ0n) is 20.9. The van der Waals surface area contributed by atoms with Gasteiger partial charge in [0, 0.05) is 22.8 Å². The first-order valence-corrected chi connectivity index (χ1v) is 11.2. The minimum atomic E-state index is -1.07. The highest BCUT2D eigenvalue weighted by Gasteiger charge is 2.12. The van der Waals surface area contributed by atoms with Gasteiger partial charge < -0.3 is 28.8 Å². The minimum Gasteiger partial charge on any atom is -0.490 e. The molecule has 0 aliphatic heterocycles. The van der Waals surface area contributed by atoms with Crippen LogP contribution in [0.2, 0.25) is 0 Å². The first kappa shape index (κ1) is 28.4. The Balaban J connectivity index is 2.14. The van der Waals surface area contributed by atoms with Gasteiger partial charge in [-0.3, -0.25) is 0 Å². The Kier molecular flexibility index (Phi) is 10.9. The molecule has 0 fully saturated rings. The smallest absolute Gasteiger partial charge is 0.338 e. The van der Waals surface area contributed by atoms with Crippen molar-refractivity contribution in [2.75, 3.05) is 26.4 Å². The molecular weight excluding hydrogens is 464 g/mol. The normalized spacial score (nSPS) is 11.2. The van der Waals surface area contributed by atoms with E-state index in [-0.39, 0.29) is 26.4 Å². The summed E-state index contributed by atoms with van der Waals surface area (Å²) in [5.41, 5.74) is 2.68. The number of esters is 2. The molecule has 0 heterocycles. The van der Waals surface area contributed by atoms with Crippen LogP contribution in [-0.4, -0.2) is 49.8 Å². The molecule has 0 radical (unpaired) electrons. The van der Waals surface area contributed by atoms with E-state index < -0.39 is 18.2 Å². The maximum Gasteiger partial charge on any atom is 0.338 e. The molecule has 0 aliphatic rings. The van der Waals surface area contributed by atoms with E-state index in [0.29, 0.717) is 34.0 Å². The average Bonchev–Trinajstić information content (AvgIpc) is 2.84. The molecule has 36 heavy (non-hydrogen) atoms. The Morgan fingerprint density at radius 1 is 0.806 bits per heavy atom. The van der Waals surface area contributed by atoms with Gasteiger partial charge in [0.25, 0.3) is 0 Å². The lowest BCUT2D eigenvalue weighted by atomic mass is 10.0. The molecule has 2 aromatic rings. The molecule has 2 aromatic carbocycles. The third-order valence-electron chi connectivity index (χ3n) is 4.65. The van der Waals surface area contributed by atoms with Crippen molar-refractivity contribution in [3.63, 3.8) is 0 Å². The molecule has 1 atom stereocenters. The quantitative estimate of drug-likeness (QED) is 0.101. The summed E-state index contributed by atoms with van der Waals surface area (Å²) in [5.74, 6) is 0.425. The molecule has 1 unspecified atom stereocenters. The molecule has 8 nitrogen and oxygen atoms in total. The summed E-state index contributed by atoms with van der Waals surface area (Å²) in [6.07, 6.45) is -1.07. The van der Waals surface area contributed by atoms with E-state index in [4.69, 9.17) is 23.7 Å². The van der Waals surface area contributed by atoms with Gasteiger partial charge in [-0.05, 0) is 56.2 Å². The third-order valence-corrected chi connectivity index (χ3v) is 4.65. The van der Waals surface area contributed by atoms with Crippen LogP contribution in [0.5, 0.6) is 17.2 Å². The molecular formula is C28H32O8. The summed E-state index contributed by atoms with van der Waals surface area (Å²) >= 11 is 0. The lowest BCUT2D eigenvalue weighted by molar-refractivity contribution is -0.139. The van der Waals surface area contributed by atoms with Crippen LogP contribution in [0.4, 0.5) is 0 Å². The third kappa shape index (κ3) is 9.05. The van der Waals surface area contributed by atoms with Crippen molar-refractivity contribution in [1.82, 2.24) is 0 Å². The molecule has 1 N–H and O–H groups in total. The standard InChI is InChI=1S/C28H32O8/c1-18(2)26(29)34-15-13-32-23-11-12-24(25(17-23)33-14-16-35-27(30)19(3)4)21-7-9-22(10-8-21)36-28(31)20(5)6/h7-12,17,27,30H,1,3,5,13-16H2,2,4,6H3. The van der Waals surface area contributed by atoms with Gasteiger partial charge in [-0.15, -0.1) is 0 Å². The SMILES string of the molecule is C=C(C)C(=O)OCCOc1ccc(-c2ccc(OC(=O)C(=C)C)cc2)c(OCCOC(O)C(=C)C)c1. The molecule has 192 valence electrons. The summed E-state index contributed by atoms with van der Waals surface area (Å²) in [5, 5.41) is 9.74. The van der Waals surface area contributed by atoms with Crippen molar-refractivity contribution in [3.05, 3.63) is 78.9 Å². The van der Waals surface area contributed by atoms with Crippen LogP contribution in [-0.2, 0) is 19.1 Å². The van der Waals surface area contributed by atoms with E-state index in [1.54, 1.807) is 57.2 Å². The average molecular weight is 497 g/mol. The number of aliphatic hydroxyl groups is 1. The van der Waals surface area contributed by atoms with Crippen LogP contribution < -0.4 is 14.2 Å². The maximum absolute atomic E-state index is 11.8. The van der Waals surface area contributed by atoms with E-state index in [1.165, 1.54) is 0 Å². The van der Waals surface area contributed by atoms with Gasteiger partial charge in [0.2, 0.25) is 0 Å². The Labute approximate surface area is 211 Å². The number of ether oxygens (including phenoxy) is 5. The number of carbonyl (C=O) groups excluding carboxylic acids is 2. The van der Waals surface area contributed by atoms with E-state index in [1.807, 2.05) is 6.07 Å². The summed E-state index contributed by atoms with van der Waals surface area (Å²) in [6, 6.07) is 12.2. The molecule has 0 spiro atoms. The van der Waals surface area contributed by atoms with E-state index in [2.05, 4.69) is 19.7 Å². The van der Waals surface area contributed by atoms with Crippen LogP contribution in [0, 0.1) is 0 Å². The Morgan fingerprint density at radius 3 is 2.03 bits per heavy atom. The Bertz CT molecular complexity index is 1100. The van der Waals surface area contributed by atoms with Crippen LogP contribution >= 0.6 is 0 Å². The fourth-order valence-electron chi connectivity index (χ4n) is 2.72. The monoisotopic (exact) mass is 496 g/mol. The summed E-state index contributed by atoms with van der Waals surface area (Å²) in [7, 11) is 0. The van der Waals surface area contributed by atoms with Crippen LogP contribution in [0.3, 0.4) is 0 Å². The lowest BCUT2D eigenvalue weighted by Gasteiger charge is -2.16. The first-order chi connectivity index (χ1) is 17.1. The van der Waals surface area contributed by atoms with Crippen molar-refractivity contribution < 1.29 is 38.4 Å². The topological polar surface area (TPSA) is 101 Å². The van der Waals surface area contributed by atoms with Crippen molar-refractivity contribution in [2.24, 2.45) is 0 Å². The largest absolute Gasteiger partial charge is 0.490 e. The predicted molar refractivity (Wildman–Crippen MR) is 136 cm³/mol. The van der Waals surface area contributed by atoms with Gasteiger partial charge in [-0.2, -0.15) is 0 Å². The highest BCUT2D eigenvalue weighted by molar-refractivity contribution is 5.89. The van der Waals surface area contributed by atoms with Crippen LogP contribution in [0.25, 0.3) is 11.1 Å². The Morgan fingerprint density at radius 2 is 1.42 bits per heavy atom. The molecule has 0 saturated heterocycles. The number of aliphatic hydroxyl groups excluding tert-OH is 1. The first-order valence-electron chi connectivity index (χ1n) is 11.2. The van der Waals surface area contributed by atoms with Gasteiger partial charge in [0.1, 0.15) is 37.1 Å². The minimum absolute atomic E-state index is 0.0701. The molecule has 0 amide bonds. The van der Waals surface area contributed by atoms with E-state index in [0.717, 1.165) is 11.1 Å². The van der Waals surface area contributed by atoms with Gasteiger partial charge in [-0.1, -0.05) is 31.9 Å². The van der Waals surface area contributed by atoms with Crippen LogP contribution in [0.15, 0.2) is 78.9 Å². The summed E-state index contributed by atoms with van der Waals surface area (Å²) in [4.78, 5) is 23.2. The van der Waals surface area contributed by atoms with E-state index in [9.17, 15) is 14.7 Å². The van der Waals surface area contributed by atoms with Crippen molar-refractivity contribution in [2.45, 2.75) is 27.1 Å². The molecule has 0 bridgehead atoms. The van der Waals surface area contributed by atoms with Crippen molar-refractivity contribution >= 4 is 11.9 Å². The fourth-order valence-corrected chi connectivity index (χ4v) is 2.72. The number of hydrogen-bond donors (Lipinski definition) is 1. The van der Waals surface area contributed by atoms with Gasteiger partial charge in [-0.25, -0.2) is 9.59 Å². The van der Waals surface area contributed by atoms with Gasteiger partial charge in [0.15, 0.2) is 6.29 Å². The zero-order chi connectivity index (χ0) is 26.7. The predicted octanol–water partition coefficient (Wildman–Crippen LogP) is 4.62. The van der Waals surface area contributed by atoms with Gasteiger partial charge in [0.05, 0.1) is 6.61 Å². The molecule has 0 saturated carbocycles. The maximum atomic E-state index is 11.8. The summed E-state index contributed by atoms with van der Waals surface area (Å²) < 4.78 is 27.2. The van der Waals surface area contributed by atoms with Gasteiger partial charge >= 0.3 is 11.9 Å². The number of benzene rings is 2. The highest BCUT2D eigenvalue weighted by Crippen LogP contribution is 2.34. The van der Waals surface area contributed by atoms with E-state index >= 15 is 0 Å². The molecule has 2 rings (SSSR count).